The molecule has 30 heavy (non-hydrogen) atoms. The van der Waals surface area contributed by atoms with Crippen LogP contribution in [0.3, 0.4) is 0 Å². The predicted octanol–water partition coefficient (Wildman–Crippen LogP) is 3.06. The molecule has 0 aromatic heterocycles. The molecule has 0 N–H and O–H groups in total. The Hall–Kier alpha value is -2.62. The van der Waals surface area contributed by atoms with Crippen LogP contribution in [0.4, 0.5) is 9.59 Å². The molecule has 0 saturated carbocycles. The summed E-state index contributed by atoms with van der Waals surface area (Å²) in [5.41, 5.74) is -1.89. The summed E-state index contributed by atoms with van der Waals surface area (Å²) in [6.07, 6.45) is -1.28. The number of hydrogen-bond acceptors (Lipinski definition) is 8. The molecule has 0 bridgehead atoms. The monoisotopic (exact) mass is 430 g/mol. The van der Waals surface area contributed by atoms with Crippen LogP contribution in [0.2, 0.25) is 0 Å². The first-order valence-electron chi connectivity index (χ1n) is 9.46. The minimum atomic E-state index is -1.45. The van der Waals surface area contributed by atoms with Crippen LogP contribution in [0.25, 0.3) is 0 Å². The van der Waals surface area contributed by atoms with Gasteiger partial charge in [0.2, 0.25) is 5.91 Å². The van der Waals surface area contributed by atoms with E-state index in [9.17, 15) is 19.2 Å². The van der Waals surface area contributed by atoms with Gasteiger partial charge in [-0.2, -0.15) is 4.90 Å². The van der Waals surface area contributed by atoms with E-state index in [1.165, 1.54) is 20.2 Å². The van der Waals surface area contributed by atoms with Crippen molar-refractivity contribution in [2.75, 3.05) is 20.8 Å². The molecule has 0 saturated heterocycles. The molecule has 0 aliphatic rings. The smallest absolute Gasteiger partial charge is 0.420 e. The molecule has 0 aromatic rings. The Balaban J connectivity index is 5.97. The maximum absolute atomic E-state index is 12.8. The Kier molecular flexibility index (Phi) is 10.5. The number of rotatable bonds is 8. The minimum absolute atomic E-state index is 0.141. The molecule has 0 aromatic carbocycles. The number of carbonyl (C=O) groups is 4. The maximum atomic E-state index is 12.8. The molecule has 0 rings (SSSR count). The number of carbonyl (C=O) groups excluding carboxylic acids is 4. The van der Waals surface area contributed by atoms with Crippen molar-refractivity contribution in [1.29, 1.82) is 0 Å². The molecule has 0 radical (unpaired) electrons. The van der Waals surface area contributed by atoms with Gasteiger partial charge in [0.25, 0.3) is 0 Å². The summed E-state index contributed by atoms with van der Waals surface area (Å²) >= 11 is 0. The van der Waals surface area contributed by atoms with Crippen LogP contribution in [-0.2, 0) is 28.6 Å². The van der Waals surface area contributed by atoms with Crippen molar-refractivity contribution >= 4 is 24.1 Å². The summed E-state index contributed by atoms with van der Waals surface area (Å²) < 4.78 is 15.6. The van der Waals surface area contributed by atoms with Crippen LogP contribution in [0.5, 0.6) is 0 Å². The lowest BCUT2D eigenvalue weighted by atomic mass is 10.1. The zero-order valence-corrected chi connectivity index (χ0v) is 19.1. The summed E-state index contributed by atoms with van der Waals surface area (Å²) in [5, 5.41) is 0.970. The third-order valence-electron chi connectivity index (χ3n) is 3.36. The van der Waals surface area contributed by atoms with Crippen molar-refractivity contribution in [3.63, 3.8) is 0 Å². The summed E-state index contributed by atoms with van der Waals surface area (Å²) in [7, 11) is 2.70. The Labute approximate surface area is 178 Å². The molecule has 0 unspecified atom stereocenters. The topological polar surface area (TPSA) is 112 Å². The Morgan fingerprint density at radius 1 is 0.967 bits per heavy atom. The fourth-order valence-electron chi connectivity index (χ4n) is 2.06. The average molecular weight is 430 g/mol. The summed E-state index contributed by atoms with van der Waals surface area (Å²) in [4.78, 5) is 55.7. The van der Waals surface area contributed by atoms with Crippen LogP contribution in [0.15, 0.2) is 12.7 Å². The SMILES string of the molecule is C=CCOC(=O)[C@H](CCC(=O)N(C)OC)N(C(=O)OC(C)(C)C)C(=O)OC(C)(C)C. The highest BCUT2D eigenvalue weighted by Gasteiger charge is 2.41. The zero-order chi connectivity index (χ0) is 23.7. The molecule has 3 amide bonds. The van der Waals surface area contributed by atoms with E-state index < -0.39 is 41.3 Å². The van der Waals surface area contributed by atoms with Gasteiger partial charge in [-0.25, -0.2) is 19.4 Å². The molecule has 10 nitrogen and oxygen atoms in total. The number of hydroxylamine groups is 2. The number of amides is 3. The third-order valence-corrected chi connectivity index (χ3v) is 3.36. The molecule has 0 aliphatic heterocycles. The summed E-state index contributed by atoms with van der Waals surface area (Å²) in [6, 6.07) is -1.45. The highest BCUT2D eigenvalue weighted by atomic mass is 16.7. The van der Waals surface area contributed by atoms with Crippen LogP contribution in [-0.4, -0.2) is 72.0 Å². The second-order valence-corrected chi connectivity index (χ2v) is 8.38. The summed E-state index contributed by atoms with van der Waals surface area (Å²) in [5.74, 6) is -1.37. The van der Waals surface area contributed by atoms with Gasteiger partial charge in [-0.1, -0.05) is 12.7 Å². The lowest BCUT2D eigenvalue weighted by Crippen LogP contribution is -2.52. The van der Waals surface area contributed by atoms with Crippen LogP contribution in [0, 0.1) is 0 Å². The van der Waals surface area contributed by atoms with E-state index in [1.807, 2.05) is 0 Å². The van der Waals surface area contributed by atoms with Crippen LogP contribution < -0.4 is 0 Å². The Bertz CT molecular complexity index is 606. The van der Waals surface area contributed by atoms with E-state index >= 15 is 0 Å². The van der Waals surface area contributed by atoms with Crippen molar-refractivity contribution in [1.82, 2.24) is 9.96 Å². The lowest BCUT2D eigenvalue weighted by molar-refractivity contribution is -0.169. The van der Waals surface area contributed by atoms with Crippen molar-refractivity contribution in [2.45, 2.75) is 71.6 Å². The van der Waals surface area contributed by atoms with Gasteiger partial charge in [-0.3, -0.25) is 9.63 Å². The molecular formula is C20H34N2O8. The lowest BCUT2D eigenvalue weighted by Gasteiger charge is -2.32. The third kappa shape index (κ3) is 10.2. The number of hydrogen-bond donors (Lipinski definition) is 0. The molecule has 0 aliphatic carbocycles. The van der Waals surface area contributed by atoms with Gasteiger partial charge in [-0.05, 0) is 48.0 Å². The van der Waals surface area contributed by atoms with Crippen molar-refractivity contribution < 1.29 is 38.2 Å². The quantitative estimate of drug-likeness (QED) is 0.250. The molecular weight excluding hydrogens is 396 g/mol. The van der Waals surface area contributed by atoms with Gasteiger partial charge in [0.15, 0.2) is 0 Å². The van der Waals surface area contributed by atoms with E-state index in [2.05, 4.69) is 6.58 Å². The number of ether oxygens (including phenoxy) is 3. The molecule has 172 valence electrons. The number of imide groups is 1. The Morgan fingerprint density at radius 2 is 1.43 bits per heavy atom. The molecule has 10 heteroatoms. The van der Waals surface area contributed by atoms with Gasteiger partial charge >= 0.3 is 18.2 Å². The normalized spacial score (nSPS) is 12.4. The first kappa shape index (κ1) is 27.4. The van der Waals surface area contributed by atoms with Gasteiger partial charge in [0, 0.05) is 13.5 Å². The predicted molar refractivity (Wildman–Crippen MR) is 108 cm³/mol. The highest BCUT2D eigenvalue weighted by molar-refractivity contribution is 5.94. The molecule has 0 spiro atoms. The Morgan fingerprint density at radius 3 is 1.80 bits per heavy atom. The number of nitrogens with zero attached hydrogens (tertiary/aromatic N) is 2. The van der Waals surface area contributed by atoms with Gasteiger partial charge < -0.3 is 14.2 Å². The van der Waals surface area contributed by atoms with Gasteiger partial charge in [-0.15, -0.1) is 0 Å². The average Bonchev–Trinajstić information content (AvgIpc) is 2.58. The summed E-state index contributed by atoms with van der Waals surface area (Å²) in [6.45, 7) is 13.0. The maximum Gasteiger partial charge on any atom is 0.420 e. The zero-order valence-electron chi connectivity index (χ0n) is 19.1. The molecule has 1 atom stereocenters. The second kappa shape index (κ2) is 11.5. The van der Waals surface area contributed by atoms with Crippen molar-refractivity contribution in [3.8, 4) is 0 Å². The number of esters is 1. The van der Waals surface area contributed by atoms with E-state index in [1.54, 1.807) is 41.5 Å². The van der Waals surface area contributed by atoms with Crippen LogP contribution in [0.1, 0.15) is 54.4 Å². The minimum Gasteiger partial charge on any atom is -0.460 e. The van der Waals surface area contributed by atoms with Crippen molar-refractivity contribution in [3.05, 3.63) is 12.7 Å². The molecule has 0 fully saturated rings. The fourth-order valence-corrected chi connectivity index (χ4v) is 2.06. The van der Waals surface area contributed by atoms with E-state index in [0.717, 1.165) is 5.06 Å². The standard InChI is InChI=1S/C20H34N2O8/c1-10-13-28-16(24)14(11-12-15(23)21(8)27-9)22(17(25)29-19(2,3)4)18(26)30-20(5,6)7/h10,14H,1,11-13H2,2-9H3/t14-/m0/s1. The molecule has 0 heterocycles. The van der Waals surface area contributed by atoms with Crippen LogP contribution >= 0.6 is 0 Å². The largest absolute Gasteiger partial charge is 0.460 e. The van der Waals surface area contributed by atoms with Crippen molar-refractivity contribution in [2.24, 2.45) is 0 Å². The first-order chi connectivity index (χ1) is 13.6. The first-order valence-corrected chi connectivity index (χ1v) is 9.46. The highest BCUT2D eigenvalue weighted by Crippen LogP contribution is 2.20. The van der Waals surface area contributed by atoms with Gasteiger partial charge in [0.05, 0.1) is 7.11 Å². The van der Waals surface area contributed by atoms with E-state index in [0.29, 0.717) is 4.90 Å². The fraction of sp³-hybridized carbons (Fsp3) is 0.700. The second-order valence-electron chi connectivity index (χ2n) is 8.38. The van der Waals surface area contributed by atoms with Gasteiger partial charge in [0.1, 0.15) is 23.9 Å². The van der Waals surface area contributed by atoms with E-state index in [-0.39, 0.29) is 19.4 Å². The van der Waals surface area contributed by atoms with E-state index in [4.69, 9.17) is 19.0 Å².